The van der Waals surface area contributed by atoms with Gasteiger partial charge in [-0.1, -0.05) is 11.3 Å². The van der Waals surface area contributed by atoms with Gasteiger partial charge in [0.2, 0.25) is 5.56 Å². The number of pyridine rings is 1. The molecule has 0 fully saturated rings. The quantitative estimate of drug-likeness (QED) is 0.757. The fourth-order valence-electron chi connectivity index (χ4n) is 1.55. The summed E-state index contributed by atoms with van der Waals surface area (Å²) < 4.78 is 1.65. The number of nitrogens with zero attached hydrogens (tertiary/aromatic N) is 1. The molecule has 0 radical (unpaired) electrons. The van der Waals surface area contributed by atoms with Crippen LogP contribution in [-0.2, 0) is 21.1 Å². The number of hydrogen-bond donors (Lipinski definition) is 0. The Morgan fingerprint density at radius 1 is 1.36 bits per heavy atom. The summed E-state index contributed by atoms with van der Waals surface area (Å²) in [5.41, 5.74) is 9.14. The average molecular weight is 363 g/mol. The first kappa shape index (κ1) is 13.4. The number of hydrogen-bond acceptors (Lipinski definition) is 1. The van der Waals surface area contributed by atoms with Crippen LogP contribution in [0.3, 0.4) is 0 Å². The zero-order valence-corrected chi connectivity index (χ0v) is 11.9. The van der Waals surface area contributed by atoms with Crippen LogP contribution in [-0.4, -0.2) is 4.57 Å². The number of rotatable bonds is 1. The second kappa shape index (κ2) is 4.79. The van der Waals surface area contributed by atoms with Gasteiger partial charge >= 0.3 is 21.1 Å². The molecule has 14 heavy (non-hydrogen) atoms. The predicted octanol–water partition coefficient (Wildman–Crippen LogP) is 2.73. The average Bonchev–Trinajstić information content (AvgIpc) is 1.99. The summed E-state index contributed by atoms with van der Waals surface area (Å²) in [4.78, 5) is 11.6. The van der Waals surface area contributed by atoms with Crippen molar-refractivity contribution in [2.75, 3.05) is 0 Å². The van der Waals surface area contributed by atoms with Crippen molar-refractivity contribution in [2.45, 2.75) is 33.7 Å². The van der Waals surface area contributed by atoms with Gasteiger partial charge in [0.25, 0.3) is 0 Å². The van der Waals surface area contributed by atoms with Gasteiger partial charge in [-0.3, -0.25) is 4.79 Å². The van der Waals surface area contributed by atoms with E-state index in [0.717, 1.165) is 11.3 Å². The Balaban J connectivity index is 0.00000169. The van der Waals surface area contributed by atoms with Crippen molar-refractivity contribution < 1.29 is 21.1 Å². The van der Waals surface area contributed by atoms with Gasteiger partial charge in [0.05, 0.1) is 0 Å². The zero-order valence-electron chi connectivity index (χ0n) is 8.92. The van der Waals surface area contributed by atoms with Crippen molar-refractivity contribution in [1.29, 1.82) is 0 Å². The first-order valence-corrected chi connectivity index (χ1v) is 4.39. The Morgan fingerprint density at radius 3 is 2.29 bits per heavy atom. The maximum Gasteiger partial charge on any atom is 2.00 e. The standard InChI is InChI=1S/C10H15N2O.W/c1-6(2)12-8(4)5-7(3)9(11)10(12)13;/h5-6,11H,1-4H3;/q-1;+2. The molecule has 0 saturated heterocycles. The molecular weight excluding hydrogens is 348 g/mol. The summed E-state index contributed by atoms with van der Waals surface area (Å²) in [5.74, 6) is 0. The van der Waals surface area contributed by atoms with Crippen LogP contribution < -0.4 is 5.56 Å². The van der Waals surface area contributed by atoms with Crippen molar-refractivity contribution in [3.05, 3.63) is 33.4 Å². The molecule has 1 heterocycles. The van der Waals surface area contributed by atoms with Gasteiger partial charge in [-0.2, -0.15) is 0 Å². The van der Waals surface area contributed by atoms with E-state index >= 15 is 0 Å². The van der Waals surface area contributed by atoms with Crippen LogP contribution in [0.15, 0.2) is 10.9 Å². The third-order valence-corrected chi connectivity index (χ3v) is 2.15. The normalized spacial score (nSPS) is 10.1. The Morgan fingerprint density at radius 2 is 1.86 bits per heavy atom. The third kappa shape index (κ3) is 2.27. The molecule has 1 N–H and O–H groups in total. The first-order chi connectivity index (χ1) is 5.95. The van der Waals surface area contributed by atoms with Crippen LogP contribution in [0, 0.1) is 13.8 Å². The van der Waals surface area contributed by atoms with Gasteiger partial charge in [0, 0.05) is 11.7 Å². The summed E-state index contributed by atoms with van der Waals surface area (Å²) in [5, 5.41) is 0. The molecule has 0 aromatic carbocycles. The summed E-state index contributed by atoms with van der Waals surface area (Å²) in [7, 11) is 0. The molecule has 0 spiro atoms. The van der Waals surface area contributed by atoms with Gasteiger partial charge in [-0.05, 0) is 33.8 Å². The molecule has 0 aliphatic heterocycles. The van der Waals surface area contributed by atoms with Crippen LogP contribution in [0.4, 0.5) is 5.69 Å². The fraction of sp³-hybridized carbons (Fsp3) is 0.500. The van der Waals surface area contributed by atoms with E-state index in [0.29, 0.717) is 0 Å². The van der Waals surface area contributed by atoms with Gasteiger partial charge in [-0.15, -0.1) is 0 Å². The van der Waals surface area contributed by atoms with Gasteiger partial charge in [0.1, 0.15) is 0 Å². The van der Waals surface area contributed by atoms with Crippen molar-refractivity contribution in [3.63, 3.8) is 0 Å². The number of nitrogens with one attached hydrogen (secondary N) is 1. The fourth-order valence-corrected chi connectivity index (χ4v) is 1.55. The molecule has 1 aromatic rings. The maximum absolute atomic E-state index is 11.6. The van der Waals surface area contributed by atoms with Crippen molar-refractivity contribution >= 4 is 5.69 Å². The maximum atomic E-state index is 11.6. The molecule has 76 valence electrons. The van der Waals surface area contributed by atoms with Gasteiger partial charge in [-0.25, -0.2) is 0 Å². The summed E-state index contributed by atoms with van der Waals surface area (Å²) in [6.07, 6.45) is 0. The van der Waals surface area contributed by atoms with Crippen molar-refractivity contribution in [3.8, 4) is 0 Å². The van der Waals surface area contributed by atoms with Crippen LogP contribution in [0.1, 0.15) is 31.1 Å². The minimum Gasteiger partial charge on any atom is -0.694 e. The van der Waals surface area contributed by atoms with E-state index in [9.17, 15) is 4.79 Å². The summed E-state index contributed by atoms with van der Waals surface area (Å²) in [6, 6.07) is 2.00. The monoisotopic (exact) mass is 363 g/mol. The van der Waals surface area contributed by atoms with Gasteiger partial charge < -0.3 is 10.3 Å². The molecule has 0 saturated carbocycles. The third-order valence-electron chi connectivity index (χ3n) is 2.15. The Bertz CT molecular complexity index is 382. The molecule has 0 unspecified atom stereocenters. The molecule has 0 aliphatic carbocycles. The van der Waals surface area contributed by atoms with Crippen LogP contribution in [0.25, 0.3) is 5.73 Å². The minimum atomic E-state index is -0.187. The van der Waals surface area contributed by atoms with E-state index in [2.05, 4.69) is 0 Å². The van der Waals surface area contributed by atoms with Crippen LogP contribution >= 0.6 is 0 Å². The molecule has 3 nitrogen and oxygen atoms in total. The van der Waals surface area contributed by atoms with Crippen LogP contribution in [0.5, 0.6) is 0 Å². The molecule has 4 heteroatoms. The minimum absolute atomic E-state index is 0. The smallest absolute Gasteiger partial charge is 0.694 e. The van der Waals surface area contributed by atoms with Crippen molar-refractivity contribution in [1.82, 2.24) is 4.57 Å². The predicted molar refractivity (Wildman–Crippen MR) is 54.5 cm³/mol. The second-order valence-corrected chi connectivity index (χ2v) is 3.61. The Labute approximate surface area is 98.6 Å². The molecule has 1 rings (SSSR count). The molecule has 1 aromatic heterocycles. The topological polar surface area (TPSA) is 45.8 Å². The van der Waals surface area contributed by atoms with E-state index in [1.54, 1.807) is 11.5 Å². The van der Waals surface area contributed by atoms with Gasteiger partial charge in [0.15, 0.2) is 0 Å². The summed E-state index contributed by atoms with van der Waals surface area (Å²) in [6.45, 7) is 7.58. The number of aryl methyl sites for hydroxylation is 2. The summed E-state index contributed by atoms with van der Waals surface area (Å²) >= 11 is 0. The van der Waals surface area contributed by atoms with E-state index in [1.807, 2.05) is 26.8 Å². The molecule has 0 aliphatic rings. The largest absolute Gasteiger partial charge is 2.00 e. The SMILES string of the molecule is Cc1cc(C)n(C(C)C)c(=O)c1[NH-].[W+2]. The van der Waals surface area contributed by atoms with E-state index in [-0.39, 0.29) is 38.4 Å². The molecular formula is C10H15N2OW+. The Hall–Kier alpha value is -0.562. The molecule has 0 amide bonds. The number of aromatic nitrogens is 1. The van der Waals surface area contributed by atoms with E-state index in [4.69, 9.17) is 5.73 Å². The van der Waals surface area contributed by atoms with Crippen LogP contribution in [0.2, 0.25) is 0 Å². The zero-order chi connectivity index (χ0) is 10.2. The van der Waals surface area contributed by atoms with Crippen molar-refractivity contribution in [2.24, 2.45) is 0 Å². The Kier molecular flexibility index (Phi) is 4.59. The molecule has 0 bridgehead atoms. The molecule has 0 atom stereocenters. The van der Waals surface area contributed by atoms with E-state index in [1.165, 1.54) is 0 Å². The van der Waals surface area contributed by atoms with E-state index < -0.39 is 0 Å². The first-order valence-electron chi connectivity index (χ1n) is 4.39. The second-order valence-electron chi connectivity index (χ2n) is 3.61.